The van der Waals surface area contributed by atoms with Crippen molar-refractivity contribution in [2.45, 2.75) is 38.6 Å². The first-order chi connectivity index (χ1) is 12.2. The summed E-state index contributed by atoms with van der Waals surface area (Å²) in [6, 6.07) is 0. The molecule has 10 heteroatoms. The molecule has 0 spiro atoms. The van der Waals surface area contributed by atoms with Crippen molar-refractivity contribution in [2.24, 2.45) is 0 Å². The zero-order valence-corrected chi connectivity index (χ0v) is 15.1. The Hall–Kier alpha value is -1.91. The third-order valence-corrected chi connectivity index (χ3v) is 4.84. The highest BCUT2D eigenvalue weighted by Gasteiger charge is 2.12. The fourth-order valence-electron chi connectivity index (χ4n) is 2.85. The average molecular weight is 367 g/mol. The summed E-state index contributed by atoms with van der Waals surface area (Å²) in [5.41, 5.74) is 6.77. The third kappa shape index (κ3) is 5.55. The summed E-state index contributed by atoms with van der Waals surface area (Å²) in [6.07, 6.45) is 9.49. The largest absolute Gasteiger partial charge is 0.546 e. The molecular weight excluding hydrogens is 342 g/mol. The van der Waals surface area contributed by atoms with Crippen LogP contribution in [0.1, 0.15) is 37.7 Å². The van der Waals surface area contributed by atoms with Crippen molar-refractivity contribution in [2.75, 3.05) is 37.3 Å². The summed E-state index contributed by atoms with van der Waals surface area (Å²) in [5, 5.41) is 7.28. The Morgan fingerprint density at radius 2 is 2.08 bits per heavy atom. The standard InChI is InChI=1S/C15H25N7O2S/c16-14-15(20-25(23)19-14)17-6-2-5-9-24-22-12-13(10-18-22)11-21-7-3-1-4-8-21/h10,12H,1-9,11H2,(H2,16,19)(H,17,20). The quantitative estimate of drug-likeness (QED) is 0.503. The molecule has 1 aliphatic heterocycles. The fraction of sp³-hybridized carbons (Fsp3) is 0.667. The lowest BCUT2D eigenvalue weighted by Gasteiger charge is -2.25. The summed E-state index contributed by atoms with van der Waals surface area (Å²) in [4.78, 5) is 9.62. The first-order valence-corrected chi connectivity index (χ1v) is 9.75. The Kier molecular flexibility index (Phi) is 6.42. The molecule has 1 aliphatic rings. The number of unbranched alkanes of at least 4 members (excludes halogenated alkanes) is 1. The normalized spacial score (nSPS) is 16.1. The molecule has 1 fully saturated rings. The van der Waals surface area contributed by atoms with Gasteiger partial charge in [0.15, 0.2) is 11.1 Å². The molecule has 1 saturated heterocycles. The summed E-state index contributed by atoms with van der Waals surface area (Å²) in [5.74, 6) is 0.612. The van der Waals surface area contributed by atoms with Crippen LogP contribution in [0.3, 0.4) is 0 Å². The van der Waals surface area contributed by atoms with Gasteiger partial charge in [-0.1, -0.05) is 6.42 Å². The highest BCUT2D eigenvalue weighted by atomic mass is 32.2. The van der Waals surface area contributed by atoms with Crippen LogP contribution in [0.2, 0.25) is 0 Å². The van der Waals surface area contributed by atoms with Crippen molar-refractivity contribution >= 4 is 22.8 Å². The first-order valence-electron chi connectivity index (χ1n) is 8.69. The smallest absolute Gasteiger partial charge is 0.232 e. The van der Waals surface area contributed by atoms with Crippen LogP contribution in [-0.2, 0) is 6.54 Å². The lowest BCUT2D eigenvalue weighted by atomic mass is 10.1. The van der Waals surface area contributed by atoms with Crippen molar-refractivity contribution < 1.29 is 9.39 Å². The molecule has 3 N–H and O–H groups in total. The number of nitrogens with one attached hydrogen (secondary N) is 1. The van der Waals surface area contributed by atoms with Gasteiger partial charge < -0.3 is 20.4 Å². The topological polar surface area (TPSA) is 117 Å². The van der Waals surface area contributed by atoms with Gasteiger partial charge >= 0.3 is 0 Å². The fourth-order valence-corrected chi connectivity index (χ4v) is 3.46. The molecule has 25 heavy (non-hydrogen) atoms. The second kappa shape index (κ2) is 8.97. The molecule has 3 rings (SSSR count). The number of hydrogen-bond donors (Lipinski definition) is 2. The SMILES string of the molecule is Nc1n[s+]([O-])nc1NCCCCOn1cc(CN2CCCCC2)cn1. The molecule has 0 saturated carbocycles. The van der Waals surface area contributed by atoms with E-state index in [0.29, 0.717) is 19.0 Å². The van der Waals surface area contributed by atoms with Gasteiger partial charge in [0.1, 0.15) is 6.61 Å². The summed E-state index contributed by atoms with van der Waals surface area (Å²) in [6.45, 7) is 4.55. The van der Waals surface area contributed by atoms with E-state index in [9.17, 15) is 4.55 Å². The Morgan fingerprint density at radius 3 is 2.84 bits per heavy atom. The monoisotopic (exact) mass is 367 g/mol. The number of likely N-dealkylation sites (tertiary alicyclic amines) is 1. The molecule has 0 aromatic carbocycles. The molecule has 9 nitrogen and oxygen atoms in total. The highest BCUT2D eigenvalue weighted by molar-refractivity contribution is 7.14. The predicted octanol–water partition coefficient (Wildman–Crippen LogP) is 1.29. The van der Waals surface area contributed by atoms with Crippen LogP contribution >= 0.6 is 11.1 Å². The van der Waals surface area contributed by atoms with Crippen LogP contribution in [-0.4, -0.2) is 54.4 Å². The number of hydrogen-bond acceptors (Lipinski definition) is 8. The zero-order valence-electron chi connectivity index (χ0n) is 14.3. The number of nitrogens with two attached hydrogens (primary N) is 1. The summed E-state index contributed by atoms with van der Waals surface area (Å²) < 4.78 is 18.5. The number of aromatic nitrogens is 4. The minimum absolute atomic E-state index is 0.201. The molecule has 0 radical (unpaired) electrons. The van der Waals surface area contributed by atoms with E-state index in [0.717, 1.165) is 19.4 Å². The molecule has 0 aliphatic carbocycles. The van der Waals surface area contributed by atoms with E-state index in [-0.39, 0.29) is 5.82 Å². The number of nitrogen functional groups attached to an aromatic ring is 1. The van der Waals surface area contributed by atoms with Crippen molar-refractivity contribution in [1.29, 1.82) is 0 Å². The van der Waals surface area contributed by atoms with E-state index < -0.39 is 11.1 Å². The molecule has 138 valence electrons. The lowest BCUT2D eigenvalue weighted by Crippen LogP contribution is -2.28. The molecule has 0 bridgehead atoms. The van der Waals surface area contributed by atoms with E-state index in [2.05, 4.69) is 24.1 Å². The molecule has 1 unspecified atom stereocenters. The lowest BCUT2D eigenvalue weighted by molar-refractivity contribution is 0.0797. The van der Waals surface area contributed by atoms with Crippen molar-refractivity contribution in [3.8, 4) is 0 Å². The van der Waals surface area contributed by atoms with E-state index in [1.165, 1.54) is 37.9 Å². The van der Waals surface area contributed by atoms with E-state index in [4.69, 9.17) is 10.6 Å². The second-order valence-electron chi connectivity index (χ2n) is 6.20. The van der Waals surface area contributed by atoms with Gasteiger partial charge in [0.2, 0.25) is 11.6 Å². The molecule has 3 heterocycles. The minimum atomic E-state index is -1.57. The van der Waals surface area contributed by atoms with Crippen LogP contribution in [0.25, 0.3) is 0 Å². The maximum Gasteiger partial charge on any atom is 0.232 e. The Balaban J connectivity index is 1.29. The van der Waals surface area contributed by atoms with Gasteiger partial charge in [-0.25, -0.2) is 0 Å². The van der Waals surface area contributed by atoms with Gasteiger partial charge in [-0.2, -0.15) is 0 Å². The van der Waals surface area contributed by atoms with Crippen LogP contribution in [0.15, 0.2) is 12.4 Å². The third-order valence-electron chi connectivity index (χ3n) is 4.14. The second-order valence-corrected chi connectivity index (χ2v) is 7.03. The Labute approximate surface area is 150 Å². The molecule has 0 amide bonds. The van der Waals surface area contributed by atoms with E-state index >= 15 is 0 Å². The first kappa shape index (κ1) is 17.9. The Morgan fingerprint density at radius 1 is 1.24 bits per heavy atom. The number of anilines is 2. The van der Waals surface area contributed by atoms with E-state index in [1.807, 2.05) is 12.4 Å². The average Bonchev–Trinajstić information content (AvgIpc) is 3.17. The van der Waals surface area contributed by atoms with Gasteiger partial charge in [0.05, 0.1) is 12.4 Å². The van der Waals surface area contributed by atoms with Gasteiger partial charge in [0, 0.05) is 27.4 Å². The van der Waals surface area contributed by atoms with Crippen LogP contribution in [0.4, 0.5) is 11.6 Å². The molecule has 2 aromatic rings. The van der Waals surface area contributed by atoms with Crippen molar-refractivity contribution in [3.05, 3.63) is 18.0 Å². The minimum Gasteiger partial charge on any atom is -0.546 e. The molecule has 2 aromatic heterocycles. The van der Waals surface area contributed by atoms with Gasteiger partial charge in [-0.05, 0) is 38.8 Å². The molecular formula is C15H25N7O2S. The highest BCUT2D eigenvalue weighted by Crippen LogP contribution is 2.18. The van der Waals surface area contributed by atoms with E-state index in [1.54, 1.807) is 4.85 Å². The number of piperidine rings is 1. The van der Waals surface area contributed by atoms with Crippen LogP contribution in [0.5, 0.6) is 0 Å². The van der Waals surface area contributed by atoms with Crippen molar-refractivity contribution in [1.82, 2.24) is 23.6 Å². The Bertz CT molecular complexity index is 654. The maximum absolute atomic E-state index is 11.1. The predicted molar refractivity (Wildman–Crippen MR) is 95.6 cm³/mol. The van der Waals surface area contributed by atoms with Crippen LogP contribution in [0, 0.1) is 0 Å². The van der Waals surface area contributed by atoms with Gasteiger partial charge in [-0.3, -0.25) is 4.90 Å². The molecule has 1 atom stereocenters. The van der Waals surface area contributed by atoms with Gasteiger partial charge in [-0.15, -0.1) is 9.94 Å². The summed E-state index contributed by atoms with van der Waals surface area (Å²) in [7, 11) is 0. The maximum atomic E-state index is 11.1. The number of nitrogens with zero attached hydrogens (tertiary/aromatic N) is 5. The zero-order chi connectivity index (χ0) is 17.5. The van der Waals surface area contributed by atoms with Gasteiger partial charge in [0.25, 0.3) is 0 Å². The number of rotatable bonds is 9. The van der Waals surface area contributed by atoms with Crippen LogP contribution < -0.4 is 15.9 Å². The van der Waals surface area contributed by atoms with Crippen molar-refractivity contribution in [3.63, 3.8) is 0 Å². The summed E-state index contributed by atoms with van der Waals surface area (Å²) >= 11 is -1.57.